The first-order chi connectivity index (χ1) is 20.6. The Morgan fingerprint density at radius 2 is 1.00 bits per heavy atom. The maximum absolute atomic E-state index is 14.9. The highest BCUT2D eigenvalue weighted by Gasteiger charge is 2.30. The van der Waals surface area contributed by atoms with E-state index in [4.69, 9.17) is 0 Å². The van der Waals surface area contributed by atoms with Crippen molar-refractivity contribution >= 4 is 11.1 Å². The zero-order valence-electron chi connectivity index (χ0n) is 21.9. The third kappa shape index (κ3) is 4.33. The molecule has 0 N–H and O–H groups in total. The molecule has 0 atom stereocenters. The summed E-state index contributed by atoms with van der Waals surface area (Å²) in [6.07, 6.45) is 0. The van der Waals surface area contributed by atoms with Gasteiger partial charge in [-0.15, -0.1) is 0 Å². The van der Waals surface area contributed by atoms with Gasteiger partial charge in [-0.1, -0.05) is 24.3 Å². The van der Waals surface area contributed by atoms with Gasteiger partial charge < -0.3 is 0 Å². The van der Waals surface area contributed by atoms with Gasteiger partial charge in [-0.2, -0.15) is 10.5 Å². The van der Waals surface area contributed by atoms with E-state index in [0.717, 1.165) is 11.1 Å². The first-order valence-corrected chi connectivity index (χ1v) is 12.3. The van der Waals surface area contributed by atoms with Gasteiger partial charge in [0.25, 0.3) is 0 Å². The lowest BCUT2D eigenvalue weighted by molar-refractivity contribution is 0.380. The molecule has 0 radical (unpaired) electrons. The molecule has 0 fully saturated rings. The minimum atomic E-state index is -2.39. The largest absolute Gasteiger partial charge is 0.226 e. The number of rotatable bonds is 3. The summed E-state index contributed by atoms with van der Waals surface area (Å²) in [5.41, 5.74) is -0.896. The Morgan fingerprint density at radius 3 is 1.40 bits per heavy atom. The zero-order chi connectivity index (χ0) is 30.6. The van der Waals surface area contributed by atoms with Crippen molar-refractivity contribution in [2.45, 2.75) is 13.8 Å². The molecule has 0 saturated heterocycles. The highest BCUT2D eigenvalue weighted by Crippen LogP contribution is 2.32. The fourth-order valence-electron chi connectivity index (χ4n) is 4.38. The maximum atomic E-state index is 14.9. The Hall–Kier alpha value is -6.02. The van der Waals surface area contributed by atoms with E-state index in [1.165, 1.54) is 0 Å². The van der Waals surface area contributed by atoms with Crippen molar-refractivity contribution in [1.29, 1.82) is 10.5 Å². The molecule has 0 spiro atoms. The normalized spacial score (nSPS) is 15.2. The van der Waals surface area contributed by atoms with E-state index in [1.54, 1.807) is 50.2 Å². The molecule has 14 heteroatoms. The molecule has 0 amide bonds. The molecule has 2 aliphatic rings. The summed E-state index contributed by atoms with van der Waals surface area (Å²) < 4.78 is 72.1. The first kappa shape index (κ1) is 27.2. The van der Waals surface area contributed by atoms with E-state index in [9.17, 15) is 32.5 Å². The van der Waals surface area contributed by atoms with E-state index in [-0.39, 0.29) is 11.6 Å². The number of hydrogen-bond donors (Lipinski definition) is 0. The number of halogens is 5. The number of fused-ring (bicyclic) bond motifs is 2. The van der Waals surface area contributed by atoms with Crippen LogP contribution in [0, 0.1) is 65.6 Å². The minimum Gasteiger partial charge on any atom is -0.226 e. The van der Waals surface area contributed by atoms with Gasteiger partial charge in [-0.05, 0) is 37.1 Å². The second-order valence-electron chi connectivity index (χ2n) is 9.20. The van der Waals surface area contributed by atoms with Crippen LogP contribution in [0.1, 0.15) is 22.8 Å². The van der Waals surface area contributed by atoms with Gasteiger partial charge in [0.2, 0.25) is 5.82 Å². The molecule has 9 nitrogen and oxygen atoms in total. The number of aromatic nitrogens is 3. The van der Waals surface area contributed by atoms with Crippen molar-refractivity contribution in [3.63, 3.8) is 0 Å². The minimum absolute atomic E-state index is 0.184. The SMILES string of the molecule is Cc1cccc2c1=N/C(=C(\C#N)c1nc(/C(C#N)=C3\N=c4cccc(C)c4=N3)nc(-c3c(F)c(F)c(F)c(F)c3F)n1)N=2. The Kier molecular flexibility index (Phi) is 6.39. The van der Waals surface area contributed by atoms with Crippen LogP contribution in [-0.4, -0.2) is 15.0 Å². The number of aryl methyl sites for hydroxylation is 2. The number of nitrogens with zero attached hydrogens (tertiary/aromatic N) is 9. The Morgan fingerprint density at radius 1 is 0.581 bits per heavy atom. The van der Waals surface area contributed by atoms with Crippen molar-refractivity contribution < 1.29 is 22.0 Å². The molecule has 0 bridgehead atoms. The van der Waals surface area contributed by atoms with Crippen LogP contribution in [0.5, 0.6) is 0 Å². The monoisotopic (exact) mass is 581 g/mol. The molecule has 0 saturated carbocycles. The van der Waals surface area contributed by atoms with Crippen LogP contribution in [0.15, 0.2) is 68.0 Å². The molecular formula is C29H12F5N9. The van der Waals surface area contributed by atoms with Crippen molar-refractivity contribution in [3.05, 3.63) is 121 Å². The lowest BCUT2D eigenvalue weighted by Gasteiger charge is -2.10. The zero-order valence-corrected chi connectivity index (χ0v) is 21.9. The average molecular weight is 581 g/mol. The van der Waals surface area contributed by atoms with Gasteiger partial charge in [-0.25, -0.2) is 56.9 Å². The predicted molar refractivity (Wildman–Crippen MR) is 137 cm³/mol. The second kappa shape index (κ2) is 10.1. The van der Waals surface area contributed by atoms with E-state index in [0.29, 0.717) is 21.4 Å². The molecule has 0 unspecified atom stereocenters. The summed E-state index contributed by atoms with van der Waals surface area (Å²) in [6, 6.07) is 13.9. The number of nitriles is 2. The molecule has 6 rings (SSSR count). The summed E-state index contributed by atoms with van der Waals surface area (Å²) in [7, 11) is 0. The van der Waals surface area contributed by atoms with Gasteiger partial charge in [0.15, 0.2) is 52.4 Å². The van der Waals surface area contributed by atoms with Gasteiger partial charge >= 0.3 is 0 Å². The van der Waals surface area contributed by atoms with Crippen LogP contribution >= 0.6 is 0 Å². The summed E-state index contributed by atoms with van der Waals surface area (Å²) in [5.74, 6) is -13.9. The van der Waals surface area contributed by atoms with E-state index in [1.807, 2.05) is 12.1 Å². The van der Waals surface area contributed by atoms with Crippen LogP contribution in [-0.2, 0) is 0 Å². The van der Waals surface area contributed by atoms with Gasteiger partial charge in [-0.3, -0.25) is 0 Å². The topological polar surface area (TPSA) is 136 Å². The fourth-order valence-corrected chi connectivity index (χ4v) is 4.38. The molecule has 3 heterocycles. The third-order valence-corrected chi connectivity index (χ3v) is 6.51. The van der Waals surface area contributed by atoms with E-state index < -0.39 is 63.3 Å². The Labute approximate surface area is 237 Å². The molecule has 1 aromatic heterocycles. The quantitative estimate of drug-likeness (QED) is 0.159. The molecule has 208 valence electrons. The molecule has 43 heavy (non-hydrogen) atoms. The first-order valence-electron chi connectivity index (χ1n) is 12.3. The van der Waals surface area contributed by atoms with Crippen LogP contribution < -0.4 is 21.4 Å². The number of allylic oxidation sites excluding steroid dienone is 2. The number of para-hydroxylation sites is 2. The van der Waals surface area contributed by atoms with Crippen LogP contribution in [0.4, 0.5) is 22.0 Å². The maximum Gasteiger partial charge on any atom is 0.200 e. The smallest absolute Gasteiger partial charge is 0.200 e. The number of benzene rings is 3. The Balaban J connectivity index is 1.68. The third-order valence-electron chi connectivity index (χ3n) is 6.51. The lowest BCUT2D eigenvalue weighted by atomic mass is 10.1. The summed E-state index contributed by atoms with van der Waals surface area (Å²) in [6.45, 7) is 3.52. The van der Waals surface area contributed by atoms with Crippen LogP contribution in [0.2, 0.25) is 0 Å². The highest BCUT2D eigenvalue weighted by molar-refractivity contribution is 5.80. The fraction of sp³-hybridized carbons (Fsp3) is 0.0690. The van der Waals surface area contributed by atoms with Crippen LogP contribution in [0.3, 0.4) is 0 Å². The Bertz CT molecular complexity index is 2190. The predicted octanol–water partition coefficient (Wildman–Crippen LogP) is 3.14. The lowest BCUT2D eigenvalue weighted by Crippen LogP contribution is -2.23. The molecule has 0 aliphatic carbocycles. The summed E-state index contributed by atoms with van der Waals surface area (Å²) in [5, 5.41) is 21.8. The molecule has 3 aromatic carbocycles. The van der Waals surface area contributed by atoms with Gasteiger partial charge in [0.1, 0.15) is 23.3 Å². The van der Waals surface area contributed by atoms with Crippen molar-refractivity contribution in [3.8, 4) is 23.5 Å². The summed E-state index contributed by atoms with van der Waals surface area (Å²) >= 11 is 0. The van der Waals surface area contributed by atoms with Crippen molar-refractivity contribution in [2.24, 2.45) is 20.0 Å². The highest BCUT2D eigenvalue weighted by atomic mass is 19.2. The second-order valence-corrected chi connectivity index (χ2v) is 9.20. The van der Waals surface area contributed by atoms with E-state index >= 15 is 0 Å². The molecule has 4 aromatic rings. The van der Waals surface area contributed by atoms with Gasteiger partial charge in [0, 0.05) is 0 Å². The van der Waals surface area contributed by atoms with Gasteiger partial charge in [0.05, 0.1) is 27.0 Å². The average Bonchev–Trinajstić information content (AvgIpc) is 3.62. The number of hydrogen-bond acceptors (Lipinski definition) is 9. The van der Waals surface area contributed by atoms with Crippen molar-refractivity contribution in [2.75, 3.05) is 0 Å². The standard InChI is InChI=1S/C29H12F5N9/c1-11-5-3-7-15-23(11)39-25(37-15)13(9-35)27-41-28(14(10-36)26-38-16-8-4-6-12(2)24(16)40-26)43-29(42-27)17-18(30)20(32)22(34)21(33)19(17)31/h3-8H,1-2H3/b25-13+,26-14+. The van der Waals surface area contributed by atoms with Crippen LogP contribution in [0.25, 0.3) is 22.5 Å². The van der Waals surface area contributed by atoms with E-state index in [2.05, 4.69) is 34.9 Å². The summed E-state index contributed by atoms with van der Waals surface area (Å²) in [4.78, 5) is 29.2. The molecule has 2 aliphatic heterocycles. The molecular weight excluding hydrogens is 569 g/mol. The van der Waals surface area contributed by atoms with Crippen molar-refractivity contribution in [1.82, 2.24) is 15.0 Å².